The van der Waals surface area contributed by atoms with E-state index in [1.54, 1.807) is 6.26 Å². The van der Waals surface area contributed by atoms with Crippen molar-refractivity contribution in [1.29, 1.82) is 0 Å². The quantitative estimate of drug-likeness (QED) is 0.854. The molecule has 0 saturated carbocycles. The molecular weight excluding hydrogens is 242 g/mol. The minimum Gasteiger partial charge on any atom is -0.501 e. The third-order valence-electron chi connectivity index (χ3n) is 3.03. The highest BCUT2D eigenvalue weighted by Gasteiger charge is 2.13. The highest BCUT2D eigenvalue weighted by atomic mass is 16.5. The minimum atomic E-state index is -0.0981. The first-order valence-electron chi connectivity index (χ1n) is 6.61. The fourth-order valence-electron chi connectivity index (χ4n) is 2.03. The van der Waals surface area contributed by atoms with Gasteiger partial charge in [-0.2, -0.15) is 0 Å². The number of aryl methyl sites for hydroxylation is 1. The Kier molecular flexibility index (Phi) is 4.98. The molecule has 19 heavy (non-hydrogen) atoms. The molecule has 2 N–H and O–H groups in total. The molecule has 0 atom stereocenters. The largest absolute Gasteiger partial charge is 0.501 e. The Labute approximate surface area is 113 Å². The van der Waals surface area contributed by atoms with Crippen molar-refractivity contribution in [3.8, 4) is 0 Å². The molecule has 0 bridgehead atoms. The lowest BCUT2D eigenvalue weighted by Crippen LogP contribution is -2.17. The lowest BCUT2D eigenvalue weighted by atomic mass is 10.1. The van der Waals surface area contributed by atoms with Gasteiger partial charge >= 0.3 is 0 Å². The van der Waals surface area contributed by atoms with Crippen LogP contribution in [-0.4, -0.2) is 24.2 Å². The molecule has 1 aromatic rings. The first-order valence-corrected chi connectivity index (χ1v) is 6.61. The molecule has 1 heterocycles. The molecule has 4 heteroatoms. The molecule has 0 radical (unpaired) electrons. The minimum absolute atomic E-state index is 0.0981. The molecule has 0 aromatic heterocycles. The smallest absolute Gasteiger partial charge is 0.254 e. The van der Waals surface area contributed by atoms with Gasteiger partial charge in [-0.05, 0) is 43.4 Å². The number of ether oxygens (including phenoxy) is 1. The van der Waals surface area contributed by atoms with E-state index in [1.165, 1.54) is 0 Å². The van der Waals surface area contributed by atoms with Crippen LogP contribution in [0.4, 0.5) is 5.69 Å². The Morgan fingerprint density at radius 1 is 1.42 bits per heavy atom. The summed E-state index contributed by atoms with van der Waals surface area (Å²) in [5.41, 5.74) is 2.58. The topological polar surface area (TPSA) is 58.6 Å². The SMILES string of the molecule is O=C(Nc1cccc(CCCO)c1)C1=COCCC1. The summed E-state index contributed by atoms with van der Waals surface area (Å²) in [6.45, 7) is 0.869. The number of nitrogens with one attached hydrogen (secondary N) is 1. The Hall–Kier alpha value is -1.81. The van der Waals surface area contributed by atoms with E-state index in [-0.39, 0.29) is 12.5 Å². The summed E-state index contributed by atoms with van der Waals surface area (Å²) in [6, 6.07) is 7.71. The van der Waals surface area contributed by atoms with E-state index < -0.39 is 0 Å². The number of aliphatic hydroxyl groups is 1. The van der Waals surface area contributed by atoms with Crippen molar-refractivity contribution >= 4 is 11.6 Å². The van der Waals surface area contributed by atoms with Crippen molar-refractivity contribution in [3.05, 3.63) is 41.7 Å². The third kappa shape index (κ3) is 4.10. The van der Waals surface area contributed by atoms with Crippen LogP contribution in [0.25, 0.3) is 0 Å². The van der Waals surface area contributed by atoms with Crippen molar-refractivity contribution in [2.45, 2.75) is 25.7 Å². The van der Waals surface area contributed by atoms with E-state index >= 15 is 0 Å². The second-order valence-electron chi connectivity index (χ2n) is 4.60. The number of hydrogen-bond acceptors (Lipinski definition) is 3. The van der Waals surface area contributed by atoms with E-state index in [2.05, 4.69) is 5.32 Å². The molecule has 0 aliphatic carbocycles. The van der Waals surface area contributed by atoms with E-state index in [4.69, 9.17) is 9.84 Å². The summed E-state index contributed by atoms with van der Waals surface area (Å²) < 4.78 is 5.17. The number of amides is 1. The summed E-state index contributed by atoms with van der Waals surface area (Å²) in [5, 5.41) is 11.7. The van der Waals surface area contributed by atoms with Gasteiger partial charge in [-0.25, -0.2) is 0 Å². The molecule has 1 aliphatic rings. The van der Waals surface area contributed by atoms with Crippen molar-refractivity contribution < 1.29 is 14.6 Å². The first kappa shape index (κ1) is 13.6. The van der Waals surface area contributed by atoms with Gasteiger partial charge in [0.1, 0.15) is 0 Å². The summed E-state index contributed by atoms with van der Waals surface area (Å²) in [4.78, 5) is 12.0. The maximum Gasteiger partial charge on any atom is 0.254 e. The van der Waals surface area contributed by atoms with Gasteiger partial charge in [0, 0.05) is 12.3 Å². The van der Waals surface area contributed by atoms with Crippen LogP contribution in [0.2, 0.25) is 0 Å². The molecule has 0 unspecified atom stereocenters. The van der Waals surface area contributed by atoms with Crippen LogP contribution in [0.5, 0.6) is 0 Å². The fourth-order valence-corrected chi connectivity index (χ4v) is 2.03. The summed E-state index contributed by atoms with van der Waals surface area (Å²) >= 11 is 0. The van der Waals surface area contributed by atoms with Crippen LogP contribution < -0.4 is 5.32 Å². The van der Waals surface area contributed by atoms with E-state index in [9.17, 15) is 4.79 Å². The van der Waals surface area contributed by atoms with E-state index in [1.807, 2.05) is 24.3 Å². The lowest BCUT2D eigenvalue weighted by Gasteiger charge is -2.14. The number of aliphatic hydroxyl groups excluding tert-OH is 1. The average Bonchev–Trinajstić information content (AvgIpc) is 2.46. The van der Waals surface area contributed by atoms with Crippen LogP contribution in [-0.2, 0) is 16.0 Å². The van der Waals surface area contributed by atoms with Gasteiger partial charge in [0.15, 0.2) is 0 Å². The van der Waals surface area contributed by atoms with Crippen LogP contribution in [0.15, 0.2) is 36.1 Å². The van der Waals surface area contributed by atoms with Crippen molar-refractivity contribution in [2.75, 3.05) is 18.5 Å². The number of hydrogen-bond donors (Lipinski definition) is 2. The number of benzene rings is 1. The van der Waals surface area contributed by atoms with E-state index in [0.717, 1.165) is 36.9 Å². The Balaban J connectivity index is 1.98. The van der Waals surface area contributed by atoms with Gasteiger partial charge in [0.25, 0.3) is 5.91 Å². The maximum atomic E-state index is 12.0. The number of carbonyl (C=O) groups excluding carboxylic acids is 1. The summed E-state index contributed by atoms with van der Waals surface area (Å²) in [6.07, 6.45) is 4.74. The number of carbonyl (C=O) groups is 1. The van der Waals surface area contributed by atoms with Gasteiger partial charge < -0.3 is 15.2 Å². The molecule has 102 valence electrons. The molecule has 0 fully saturated rings. The summed E-state index contributed by atoms with van der Waals surface area (Å²) in [7, 11) is 0. The molecule has 4 nitrogen and oxygen atoms in total. The average molecular weight is 261 g/mol. The molecule has 0 saturated heterocycles. The van der Waals surface area contributed by atoms with Gasteiger partial charge in [0.2, 0.25) is 0 Å². The Morgan fingerprint density at radius 2 is 2.32 bits per heavy atom. The Morgan fingerprint density at radius 3 is 3.05 bits per heavy atom. The molecule has 0 spiro atoms. The van der Waals surface area contributed by atoms with Crippen molar-refractivity contribution in [1.82, 2.24) is 0 Å². The lowest BCUT2D eigenvalue weighted by molar-refractivity contribution is -0.113. The number of rotatable bonds is 5. The Bertz CT molecular complexity index is 468. The van der Waals surface area contributed by atoms with Crippen LogP contribution in [0.3, 0.4) is 0 Å². The second-order valence-corrected chi connectivity index (χ2v) is 4.60. The maximum absolute atomic E-state index is 12.0. The predicted molar refractivity (Wildman–Crippen MR) is 73.7 cm³/mol. The van der Waals surface area contributed by atoms with Gasteiger partial charge in [-0.3, -0.25) is 4.79 Å². The fraction of sp³-hybridized carbons (Fsp3) is 0.400. The van der Waals surface area contributed by atoms with E-state index in [0.29, 0.717) is 12.2 Å². The molecular formula is C15H19NO3. The second kappa shape index (κ2) is 6.95. The van der Waals surface area contributed by atoms with Gasteiger partial charge in [-0.15, -0.1) is 0 Å². The monoisotopic (exact) mass is 261 g/mol. The highest BCUT2D eigenvalue weighted by Crippen LogP contribution is 2.16. The first-order chi connectivity index (χ1) is 9.29. The van der Waals surface area contributed by atoms with Crippen LogP contribution in [0.1, 0.15) is 24.8 Å². The normalized spacial score (nSPS) is 14.5. The zero-order valence-electron chi connectivity index (χ0n) is 10.9. The number of anilines is 1. The van der Waals surface area contributed by atoms with Gasteiger partial charge in [-0.1, -0.05) is 12.1 Å². The molecule has 1 aromatic carbocycles. The zero-order chi connectivity index (χ0) is 13.5. The van der Waals surface area contributed by atoms with Crippen molar-refractivity contribution in [3.63, 3.8) is 0 Å². The molecule has 1 aliphatic heterocycles. The predicted octanol–water partition coefficient (Wildman–Crippen LogP) is 2.24. The molecule has 2 rings (SSSR count). The van der Waals surface area contributed by atoms with Gasteiger partial charge in [0.05, 0.1) is 18.4 Å². The molecule has 1 amide bonds. The highest BCUT2D eigenvalue weighted by molar-refractivity contribution is 6.03. The standard InChI is InChI=1S/C15H19NO3/c17-8-2-5-12-4-1-7-14(10-12)16-15(18)13-6-3-9-19-11-13/h1,4,7,10-11,17H,2-3,5-6,8-9H2,(H,16,18). The van der Waals surface area contributed by atoms with Crippen LogP contribution in [0, 0.1) is 0 Å². The zero-order valence-corrected chi connectivity index (χ0v) is 10.9. The summed E-state index contributed by atoms with van der Waals surface area (Å²) in [5.74, 6) is -0.0981. The van der Waals surface area contributed by atoms with Crippen LogP contribution >= 0.6 is 0 Å². The third-order valence-corrected chi connectivity index (χ3v) is 3.03. The van der Waals surface area contributed by atoms with Crippen molar-refractivity contribution in [2.24, 2.45) is 0 Å².